The summed E-state index contributed by atoms with van der Waals surface area (Å²) in [7, 11) is 0. The molecule has 1 nitrogen and oxygen atoms in total. The number of benzene rings is 1. The molecule has 1 aromatic carbocycles. The van der Waals surface area contributed by atoms with Gasteiger partial charge in [0.15, 0.2) is 0 Å². The van der Waals surface area contributed by atoms with Crippen molar-refractivity contribution < 1.29 is 0 Å². The fraction of sp³-hybridized carbons (Fsp3) is 0.133. The van der Waals surface area contributed by atoms with Gasteiger partial charge in [0.05, 0.1) is 11.4 Å². The van der Waals surface area contributed by atoms with Gasteiger partial charge in [0.25, 0.3) is 0 Å². The number of hydrogen-bond donors (Lipinski definition) is 0. The molecule has 0 N–H and O–H groups in total. The van der Waals surface area contributed by atoms with Gasteiger partial charge in [0.2, 0.25) is 0 Å². The Labute approximate surface area is 96.5 Å². The monoisotopic (exact) mass is 209 g/mol. The Morgan fingerprint density at radius 3 is 2.12 bits per heavy atom. The van der Waals surface area contributed by atoms with E-state index in [2.05, 4.69) is 42.3 Å². The van der Waals surface area contributed by atoms with Gasteiger partial charge in [-0.3, -0.25) is 0 Å². The first-order valence-electron chi connectivity index (χ1n) is 5.46. The Morgan fingerprint density at radius 1 is 0.938 bits per heavy atom. The molecule has 16 heavy (non-hydrogen) atoms. The molecule has 0 heterocycles. The zero-order valence-electron chi connectivity index (χ0n) is 9.64. The Morgan fingerprint density at radius 2 is 1.56 bits per heavy atom. The van der Waals surface area contributed by atoms with Crippen molar-refractivity contribution in [3.63, 3.8) is 0 Å². The number of nitrogens with zero attached hydrogens (tertiary/aromatic N) is 1. The second-order valence-corrected chi connectivity index (χ2v) is 3.83. The van der Waals surface area contributed by atoms with Crippen LogP contribution in [-0.4, -0.2) is 5.71 Å². The summed E-state index contributed by atoms with van der Waals surface area (Å²) in [6.07, 6.45) is 10.3. The Hall–Kier alpha value is -1.89. The lowest BCUT2D eigenvalue weighted by atomic mass is 10.1. The average Bonchev–Trinajstić information content (AvgIpc) is 2.33. The average molecular weight is 209 g/mol. The molecule has 0 aromatic heterocycles. The summed E-state index contributed by atoms with van der Waals surface area (Å²) in [5, 5.41) is 0. The molecular formula is C15H15N. The molecule has 0 spiro atoms. The number of aryl methyl sites for hydroxylation is 1. The van der Waals surface area contributed by atoms with Crippen LogP contribution in [0.1, 0.15) is 12.5 Å². The second kappa shape index (κ2) is 4.75. The fourth-order valence-electron chi connectivity index (χ4n) is 1.51. The van der Waals surface area contributed by atoms with E-state index in [0.717, 1.165) is 11.4 Å². The summed E-state index contributed by atoms with van der Waals surface area (Å²) in [4.78, 5) is 4.54. The van der Waals surface area contributed by atoms with Crippen LogP contribution in [0.2, 0.25) is 0 Å². The van der Waals surface area contributed by atoms with Crippen molar-refractivity contribution in [1.29, 1.82) is 0 Å². The van der Waals surface area contributed by atoms with E-state index < -0.39 is 0 Å². The van der Waals surface area contributed by atoms with E-state index in [1.807, 2.05) is 31.2 Å². The van der Waals surface area contributed by atoms with E-state index in [9.17, 15) is 0 Å². The molecule has 80 valence electrons. The normalized spacial score (nSPS) is 14.1. The van der Waals surface area contributed by atoms with E-state index in [1.54, 1.807) is 0 Å². The van der Waals surface area contributed by atoms with Crippen molar-refractivity contribution in [2.75, 3.05) is 0 Å². The number of hydrogen-bond acceptors (Lipinski definition) is 1. The molecule has 1 aliphatic rings. The van der Waals surface area contributed by atoms with Crippen LogP contribution >= 0.6 is 0 Å². The van der Waals surface area contributed by atoms with Gasteiger partial charge >= 0.3 is 0 Å². The highest BCUT2D eigenvalue weighted by molar-refractivity contribution is 6.07. The van der Waals surface area contributed by atoms with Gasteiger partial charge in [0.1, 0.15) is 0 Å². The molecule has 0 aliphatic heterocycles. The van der Waals surface area contributed by atoms with Gasteiger partial charge < -0.3 is 0 Å². The first-order valence-corrected chi connectivity index (χ1v) is 5.46. The van der Waals surface area contributed by atoms with Crippen molar-refractivity contribution in [2.45, 2.75) is 13.8 Å². The predicted octanol–water partition coefficient (Wildman–Crippen LogP) is 4.14. The maximum absolute atomic E-state index is 4.54. The quantitative estimate of drug-likeness (QED) is 0.659. The van der Waals surface area contributed by atoms with Gasteiger partial charge in [-0.2, -0.15) is 0 Å². The minimum atomic E-state index is 0.995. The summed E-state index contributed by atoms with van der Waals surface area (Å²) in [6, 6.07) is 8.23. The lowest BCUT2D eigenvalue weighted by Gasteiger charge is -2.02. The summed E-state index contributed by atoms with van der Waals surface area (Å²) >= 11 is 0. The van der Waals surface area contributed by atoms with Gasteiger partial charge in [-0.15, -0.1) is 0 Å². The standard InChI is InChI=1S/C15H15N/c1-3-13-6-10-15(11-7-13)16-14-8-4-12(2)5-9-14/h3-11H,1-2H3. The molecule has 1 heteroatoms. The summed E-state index contributed by atoms with van der Waals surface area (Å²) in [5.41, 5.74) is 4.48. The van der Waals surface area contributed by atoms with Crippen molar-refractivity contribution in [1.82, 2.24) is 0 Å². The second-order valence-electron chi connectivity index (χ2n) is 3.83. The summed E-state index contributed by atoms with van der Waals surface area (Å²) in [5.74, 6) is 0. The number of aliphatic imine (C=N–C) groups is 1. The minimum absolute atomic E-state index is 0.995. The predicted molar refractivity (Wildman–Crippen MR) is 70.3 cm³/mol. The molecule has 0 saturated heterocycles. The van der Waals surface area contributed by atoms with Crippen LogP contribution in [0, 0.1) is 6.92 Å². The highest BCUT2D eigenvalue weighted by Crippen LogP contribution is 2.15. The molecule has 0 bridgehead atoms. The molecule has 0 radical (unpaired) electrons. The maximum atomic E-state index is 4.54. The molecule has 0 saturated carbocycles. The molecule has 1 aromatic rings. The Bertz CT molecular complexity index is 467. The van der Waals surface area contributed by atoms with Crippen molar-refractivity contribution in [2.24, 2.45) is 4.99 Å². The Kier molecular flexibility index (Phi) is 3.16. The summed E-state index contributed by atoms with van der Waals surface area (Å²) in [6.45, 7) is 4.11. The topological polar surface area (TPSA) is 12.4 Å². The lowest BCUT2D eigenvalue weighted by Crippen LogP contribution is -1.92. The number of allylic oxidation sites excluding steroid dienone is 6. The highest BCUT2D eigenvalue weighted by atomic mass is 14.7. The molecule has 0 amide bonds. The van der Waals surface area contributed by atoms with E-state index in [0.29, 0.717) is 0 Å². The molecular weight excluding hydrogens is 194 g/mol. The van der Waals surface area contributed by atoms with E-state index in [4.69, 9.17) is 0 Å². The van der Waals surface area contributed by atoms with Crippen LogP contribution in [0.3, 0.4) is 0 Å². The first-order chi connectivity index (χ1) is 7.78. The lowest BCUT2D eigenvalue weighted by molar-refractivity contribution is 1.43. The van der Waals surface area contributed by atoms with Gasteiger partial charge in [-0.25, -0.2) is 4.99 Å². The Balaban J connectivity index is 2.21. The van der Waals surface area contributed by atoms with Crippen molar-refractivity contribution in [3.05, 3.63) is 65.8 Å². The van der Waals surface area contributed by atoms with Crippen molar-refractivity contribution in [3.8, 4) is 0 Å². The smallest absolute Gasteiger partial charge is 0.0637 e. The highest BCUT2D eigenvalue weighted by Gasteiger charge is 1.97. The molecule has 0 unspecified atom stereocenters. The molecule has 0 fully saturated rings. The van der Waals surface area contributed by atoms with E-state index in [-0.39, 0.29) is 0 Å². The van der Waals surface area contributed by atoms with Crippen LogP contribution in [0.5, 0.6) is 0 Å². The van der Waals surface area contributed by atoms with Crippen LogP contribution in [-0.2, 0) is 0 Å². The zero-order chi connectivity index (χ0) is 11.4. The van der Waals surface area contributed by atoms with Crippen molar-refractivity contribution >= 4 is 11.4 Å². The minimum Gasteiger partial charge on any atom is -0.249 e. The third kappa shape index (κ3) is 2.57. The molecule has 1 aliphatic carbocycles. The number of rotatable bonds is 1. The largest absolute Gasteiger partial charge is 0.249 e. The molecule has 0 atom stereocenters. The maximum Gasteiger partial charge on any atom is 0.0637 e. The zero-order valence-corrected chi connectivity index (χ0v) is 9.64. The molecule has 2 rings (SSSR count). The SMILES string of the molecule is CC=C1C=CC(=Nc2ccc(C)cc2)C=C1. The first kappa shape index (κ1) is 10.6. The van der Waals surface area contributed by atoms with E-state index in [1.165, 1.54) is 11.1 Å². The van der Waals surface area contributed by atoms with Crippen LogP contribution < -0.4 is 0 Å². The van der Waals surface area contributed by atoms with Gasteiger partial charge in [-0.05, 0) is 43.7 Å². The fourth-order valence-corrected chi connectivity index (χ4v) is 1.51. The van der Waals surface area contributed by atoms with Crippen LogP contribution in [0.4, 0.5) is 5.69 Å². The van der Waals surface area contributed by atoms with Crippen LogP contribution in [0.25, 0.3) is 0 Å². The van der Waals surface area contributed by atoms with E-state index >= 15 is 0 Å². The van der Waals surface area contributed by atoms with Crippen LogP contribution in [0.15, 0.2) is 65.2 Å². The summed E-state index contributed by atoms with van der Waals surface area (Å²) < 4.78 is 0. The third-order valence-corrected chi connectivity index (χ3v) is 2.52. The van der Waals surface area contributed by atoms with Gasteiger partial charge in [0, 0.05) is 0 Å². The third-order valence-electron chi connectivity index (χ3n) is 2.52. The van der Waals surface area contributed by atoms with Gasteiger partial charge in [-0.1, -0.05) is 35.9 Å².